The minimum absolute atomic E-state index is 0. The summed E-state index contributed by atoms with van der Waals surface area (Å²) in [7, 11) is -3.93. The van der Waals surface area contributed by atoms with Crippen molar-refractivity contribution in [2.45, 2.75) is 6.92 Å². The summed E-state index contributed by atoms with van der Waals surface area (Å²) < 4.78 is 29.9. The average molecular weight is 221 g/mol. The maximum Gasteiger partial charge on any atom is 1.00 e. The van der Waals surface area contributed by atoms with E-state index >= 15 is 0 Å². The molecule has 1 amide bonds. The zero-order valence-corrected chi connectivity index (χ0v) is 10.5. The van der Waals surface area contributed by atoms with E-state index in [0.29, 0.717) is 0 Å². The van der Waals surface area contributed by atoms with Gasteiger partial charge < -0.3 is 9.87 Å². The van der Waals surface area contributed by atoms with Crippen molar-refractivity contribution in [3.63, 3.8) is 0 Å². The number of hydrogen-bond donors (Lipinski definition) is 1. The molecule has 5 nitrogen and oxygen atoms in total. The number of carbonyl (C=O) groups excluding carboxylic acids is 1. The van der Waals surface area contributed by atoms with Gasteiger partial charge in [0.15, 0.2) is 0 Å². The molecule has 0 rings (SSSR count). The molecular formula is C4H8NNaO4S2. The minimum atomic E-state index is -4.21. The molecule has 0 spiro atoms. The van der Waals surface area contributed by atoms with Crippen LogP contribution in [0.1, 0.15) is 6.92 Å². The van der Waals surface area contributed by atoms with Crippen LogP contribution in [0, 0.1) is 0 Å². The monoisotopic (exact) mass is 221 g/mol. The van der Waals surface area contributed by atoms with Gasteiger partial charge in [-0.2, -0.15) is 0 Å². The summed E-state index contributed by atoms with van der Waals surface area (Å²) in [5.41, 5.74) is 0. The zero-order chi connectivity index (χ0) is 8.91. The number of nitrogens with one attached hydrogen (secondary N) is 1. The molecule has 0 aromatic heterocycles. The van der Waals surface area contributed by atoms with E-state index in [0.717, 1.165) is 0 Å². The van der Waals surface area contributed by atoms with Gasteiger partial charge in [0, 0.05) is 19.2 Å². The van der Waals surface area contributed by atoms with Crippen LogP contribution in [0.2, 0.25) is 0 Å². The van der Waals surface area contributed by atoms with E-state index in [-0.39, 0.29) is 58.6 Å². The van der Waals surface area contributed by atoms with Crippen LogP contribution in [0.5, 0.6) is 0 Å². The third-order valence-corrected chi connectivity index (χ3v) is 2.73. The normalized spacial score (nSPS) is 10.2. The molecule has 0 aliphatic carbocycles. The maximum absolute atomic E-state index is 10.2. The molecule has 0 fully saturated rings. The molecule has 0 saturated carbocycles. The number of amides is 1. The van der Waals surface area contributed by atoms with Gasteiger partial charge >= 0.3 is 29.6 Å². The second kappa shape index (κ2) is 7.16. The second-order valence-electron chi connectivity index (χ2n) is 1.71. The van der Waals surface area contributed by atoms with E-state index in [1.807, 2.05) is 0 Å². The maximum atomic E-state index is 10.2. The van der Waals surface area contributed by atoms with Gasteiger partial charge in [0.25, 0.3) is 0 Å². The molecule has 0 aromatic carbocycles. The Morgan fingerprint density at radius 2 is 2.08 bits per heavy atom. The molecule has 0 atom stereocenters. The van der Waals surface area contributed by atoms with Crippen LogP contribution in [-0.4, -0.2) is 31.2 Å². The van der Waals surface area contributed by atoms with Crippen molar-refractivity contribution in [3.8, 4) is 0 Å². The molecule has 0 saturated heterocycles. The second-order valence-corrected chi connectivity index (χ2v) is 5.11. The quantitative estimate of drug-likeness (QED) is 0.229. The van der Waals surface area contributed by atoms with E-state index in [1.54, 1.807) is 0 Å². The standard InChI is InChI=1S/C4H9NO4S2.Na/c1-4(6)5-2-3-10-11(7,8)9;/h2-3H2,1H3,(H,5,6)(H,7,8,9);/q;+1/p-1. The summed E-state index contributed by atoms with van der Waals surface area (Å²) in [4.78, 5) is 10.2. The van der Waals surface area contributed by atoms with Gasteiger partial charge in [-0.3, -0.25) is 4.79 Å². The fraction of sp³-hybridized carbons (Fsp3) is 0.750. The van der Waals surface area contributed by atoms with Crippen molar-refractivity contribution in [1.29, 1.82) is 0 Å². The molecule has 0 aromatic rings. The van der Waals surface area contributed by atoms with Gasteiger partial charge in [-0.25, -0.2) is 8.42 Å². The Hall–Kier alpha value is 0.730. The third-order valence-electron chi connectivity index (χ3n) is 0.704. The summed E-state index contributed by atoms with van der Waals surface area (Å²) >= 11 is 0. The minimum Gasteiger partial charge on any atom is -0.739 e. The largest absolute Gasteiger partial charge is 1.00 e. The molecule has 0 aliphatic heterocycles. The van der Waals surface area contributed by atoms with E-state index in [4.69, 9.17) is 0 Å². The van der Waals surface area contributed by atoms with Crippen LogP contribution in [0.15, 0.2) is 0 Å². The summed E-state index contributed by atoms with van der Waals surface area (Å²) in [6.07, 6.45) is 0. The molecule has 0 unspecified atom stereocenters. The smallest absolute Gasteiger partial charge is 0.739 e. The topological polar surface area (TPSA) is 86.3 Å². The van der Waals surface area contributed by atoms with Crippen molar-refractivity contribution in [2.24, 2.45) is 0 Å². The summed E-state index contributed by atoms with van der Waals surface area (Å²) in [6.45, 7) is 1.51. The van der Waals surface area contributed by atoms with E-state index in [2.05, 4.69) is 5.32 Å². The Balaban J connectivity index is 0. The summed E-state index contributed by atoms with van der Waals surface area (Å²) in [6, 6.07) is 0. The van der Waals surface area contributed by atoms with Gasteiger partial charge in [0.05, 0.1) is 0 Å². The molecule has 1 N–H and O–H groups in total. The molecule has 8 heteroatoms. The predicted molar refractivity (Wildman–Crippen MR) is 40.8 cm³/mol. The predicted octanol–water partition coefficient (Wildman–Crippen LogP) is -3.68. The SMILES string of the molecule is CC(=O)NCCSS(=O)(=O)[O-].[Na+]. The van der Waals surface area contributed by atoms with Crippen molar-refractivity contribution in [3.05, 3.63) is 0 Å². The Kier molecular flexibility index (Phi) is 9.08. The Bertz CT molecular complexity index is 227. The fourth-order valence-electron chi connectivity index (χ4n) is 0.371. The van der Waals surface area contributed by atoms with Crippen LogP contribution in [0.3, 0.4) is 0 Å². The molecule has 0 bridgehead atoms. The average Bonchev–Trinajstić information content (AvgIpc) is 1.78. The Labute approximate surface area is 97.1 Å². The number of rotatable bonds is 4. The summed E-state index contributed by atoms with van der Waals surface area (Å²) in [5.74, 6) is -0.153. The first kappa shape index (κ1) is 15.2. The third kappa shape index (κ3) is 13.3. The van der Waals surface area contributed by atoms with Crippen molar-refractivity contribution in [2.75, 3.05) is 12.3 Å². The first-order chi connectivity index (χ1) is 4.92. The van der Waals surface area contributed by atoms with Gasteiger partial charge in [0.1, 0.15) is 9.15 Å². The molecule has 66 valence electrons. The Morgan fingerprint density at radius 3 is 2.42 bits per heavy atom. The van der Waals surface area contributed by atoms with Gasteiger partial charge in [0.2, 0.25) is 5.91 Å². The fourth-order valence-corrected chi connectivity index (χ4v) is 1.62. The number of carbonyl (C=O) groups is 1. The molecule has 0 aliphatic rings. The first-order valence-corrected chi connectivity index (χ1v) is 5.67. The van der Waals surface area contributed by atoms with Crippen LogP contribution in [0.4, 0.5) is 0 Å². The van der Waals surface area contributed by atoms with Gasteiger partial charge in [-0.05, 0) is 10.8 Å². The van der Waals surface area contributed by atoms with Gasteiger partial charge in [-0.15, -0.1) is 0 Å². The van der Waals surface area contributed by atoms with Crippen LogP contribution < -0.4 is 34.9 Å². The number of hydrogen-bond acceptors (Lipinski definition) is 5. The molecular weight excluding hydrogens is 213 g/mol. The molecule has 12 heavy (non-hydrogen) atoms. The van der Waals surface area contributed by atoms with Crippen molar-refractivity contribution >= 4 is 25.9 Å². The zero-order valence-electron chi connectivity index (χ0n) is 6.86. The summed E-state index contributed by atoms with van der Waals surface area (Å²) in [5, 5.41) is 2.36. The van der Waals surface area contributed by atoms with Crippen LogP contribution in [0.25, 0.3) is 0 Å². The Morgan fingerprint density at radius 1 is 1.58 bits per heavy atom. The molecule has 0 heterocycles. The van der Waals surface area contributed by atoms with E-state index < -0.39 is 9.15 Å². The molecule has 0 radical (unpaired) electrons. The first-order valence-electron chi connectivity index (χ1n) is 2.76. The van der Waals surface area contributed by atoms with E-state index in [1.165, 1.54) is 6.92 Å². The van der Waals surface area contributed by atoms with E-state index in [9.17, 15) is 17.8 Å². The van der Waals surface area contributed by atoms with Gasteiger partial charge in [-0.1, -0.05) is 0 Å². The van der Waals surface area contributed by atoms with Crippen molar-refractivity contribution < 1.29 is 47.3 Å². The van der Waals surface area contributed by atoms with Crippen molar-refractivity contribution in [1.82, 2.24) is 5.32 Å². The van der Waals surface area contributed by atoms with Crippen LogP contribution in [-0.2, 0) is 13.9 Å². The van der Waals surface area contributed by atoms with Crippen LogP contribution >= 0.6 is 10.8 Å².